The molecule has 0 heterocycles. The van der Waals surface area contributed by atoms with Gasteiger partial charge in [0.25, 0.3) is 0 Å². The van der Waals surface area contributed by atoms with Crippen LogP contribution in [0.15, 0.2) is 72.8 Å². The van der Waals surface area contributed by atoms with Crippen LogP contribution < -0.4 is 0 Å². The SMILES string of the molecule is C(C=Cc1ccccc1)=Cc1ccccc1.C=O.C=O.[Cr]. The number of allylic oxidation sites excluding steroid dienone is 2. The van der Waals surface area contributed by atoms with Crippen LogP contribution in [0.3, 0.4) is 0 Å². The quantitative estimate of drug-likeness (QED) is 0.800. The molecule has 0 aliphatic heterocycles. The van der Waals surface area contributed by atoms with Crippen molar-refractivity contribution in [1.29, 1.82) is 0 Å². The Morgan fingerprint density at radius 1 is 0.571 bits per heavy atom. The van der Waals surface area contributed by atoms with Crippen LogP contribution in [0.25, 0.3) is 12.2 Å². The maximum Gasteiger partial charge on any atom is 0.106 e. The zero-order valence-corrected chi connectivity index (χ0v) is 13.0. The Hall–Kier alpha value is -2.21. The third-order valence-electron chi connectivity index (χ3n) is 2.29. The van der Waals surface area contributed by atoms with Crippen molar-refractivity contribution in [2.45, 2.75) is 0 Å². The molecule has 0 fully saturated rings. The Morgan fingerprint density at radius 3 is 1.14 bits per heavy atom. The van der Waals surface area contributed by atoms with Crippen molar-refractivity contribution in [3.05, 3.63) is 83.9 Å². The predicted octanol–water partition coefficient (Wildman–Crippen LogP) is 4.04. The third-order valence-corrected chi connectivity index (χ3v) is 2.29. The predicted molar refractivity (Wildman–Crippen MR) is 85.2 cm³/mol. The van der Waals surface area contributed by atoms with Crippen molar-refractivity contribution in [3.63, 3.8) is 0 Å². The van der Waals surface area contributed by atoms with Crippen LogP contribution in [0.4, 0.5) is 0 Å². The first-order chi connectivity index (χ1) is 9.95. The van der Waals surface area contributed by atoms with Crippen LogP contribution in [0.1, 0.15) is 11.1 Å². The molecule has 0 N–H and O–H groups in total. The van der Waals surface area contributed by atoms with Gasteiger partial charge in [0.2, 0.25) is 0 Å². The third kappa shape index (κ3) is 10.3. The van der Waals surface area contributed by atoms with Gasteiger partial charge in [-0.2, -0.15) is 0 Å². The summed E-state index contributed by atoms with van der Waals surface area (Å²) in [7, 11) is 0. The number of benzene rings is 2. The smallest absolute Gasteiger partial charge is 0.106 e. The summed E-state index contributed by atoms with van der Waals surface area (Å²) in [6.07, 6.45) is 8.31. The van der Waals surface area contributed by atoms with E-state index in [1.807, 2.05) is 50.0 Å². The molecule has 2 aromatic rings. The van der Waals surface area contributed by atoms with E-state index in [-0.39, 0.29) is 17.4 Å². The molecule has 0 spiro atoms. The van der Waals surface area contributed by atoms with Crippen LogP contribution in [0.2, 0.25) is 0 Å². The van der Waals surface area contributed by atoms with Crippen LogP contribution in [0.5, 0.6) is 0 Å². The van der Waals surface area contributed by atoms with Gasteiger partial charge in [-0.25, -0.2) is 0 Å². The van der Waals surface area contributed by atoms with Gasteiger partial charge in [-0.1, -0.05) is 85.0 Å². The summed E-state index contributed by atoms with van der Waals surface area (Å²) in [5.41, 5.74) is 2.44. The minimum atomic E-state index is 0. The number of hydrogen-bond acceptors (Lipinski definition) is 2. The Morgan fingerprint density at radius 2 is 0.857 bits per heavy atom. The van der Waals surface area contributed by atoms with Crippen LogP contribution in [0, 0.1) is 0 Å². The molecule has 0 amide bonds. The van der Waals surface area contributed by atoms with Crippen LogP contribution in [-0.4, -0.2) is 13.6 Å². The van der Waals surface area contributed by atoms with Gasteiger partial charge in [-0.05, 0) is 11.1 Å². The molecule has 0 radical (unpaired) electrons. The molecule has 0 bridgehead atoms. The minimum absolute atomic E-state index is 0. The summed E-state index contributed by atoms with van der Waals surface area (Å²) in [6, 6.07) is 20.6. The molecule has 0 saturated heterocycles. The molecule has 2 aromatic carbocycles. The largest absolute Gasteiger partial charge is 0.307 e. The van der Waals surface area contributed by atoms with E-state index >= 15 is 0 Å². The molecule has 0 saturated carbocycles. The summed E-state index contributed by atoms with van der Waals surface area (Å²) in [4.78, 5) is 16.0. The van der Waals surface area contributed by atoms with Gasteiger partial charge in [0, 0.05) is 17.4 Å². The van der Waals surface area contributed by atoms with Gasteiger partial charge in [-0.15, -0.1) is 0 Å². The second-order valence-corrected chi connectivity index (χ2v) is 3.54. The number of carbonyl (C=O) groups is 2. The first-order valence-corrected chi connectivity index (χ1v) is 5.98. The molecule has 2 rings (SSSR count). The summed E-state index contributed by atoms with van der Waals surface area (Å²) >= 11 is 0. The molecule has 2 nitrogen and oxygen atoms in total. The van der Waals surface area contributed by atoms with E-state index in [2.05, 4.69) is 48.6 Å². The average molecular weight is 318 g/mol. The van der Waals surface area contributed by atoms with Gasteiger partial charge in [0.05, 0.1) is 0 Å². The molecule has 0 aromatic heterocycles. The fourth-order valence-corrected chi connectivity index (χ4v) is 1.46. The molecule has 0 aliphatic carbocycles. The molecule has 3 heteroatoms. The zero-order chi connectivity index (χ0) is 15.1. The molecule has 21 heavy (non-hydrogen) atoms. The molecule has 0 aliphatic rings. The first-order valence-electron chi connectivity index (χ1n) is 5.98. The van der Waals surface area contributed by atoms with Gasteiger partial charge in [-0.3, -0.25) is 0 Å². The molecule has 0 atom stereocenters. The van der Waals surface area contributed by atoms with E-state index in [1.165, 1.54) is 11.1 Å². The second-order valence-electron chi connectivity index (χ2n) is 3.54. The molecular formula is C18H18CrO2. The fraction of sp³-hybridized carbons (Fsp3) is 0. The minimum Gasteiger partial charge on any atom is -0.307 e. The maximum atomic E-state index is 8.00. The molecule has 0 unspecified atom stereocenters. The van der Waals surface area contributed by atoms with E-state index in [0.29, 0.717) is 0 Å². The van der Waals surface area contributed by atoms with E-state index < -0.39 is 0 Å². The first kappa shape index (κ1) is 21.1. The normalized spacial score (nSPS) is 8.95. The van der Waals surface area contributed by atoms with Crippen molar-refractivity contribution in [1.82, 2.24) is 0 Å². The van der Waals surface area contributed by atoms with E-state index in [0.717, 1.165) is 0 Å². The van der Waals surface area contributed by atoms with Gasteiger partial charge in [0.1, 0.15) is 13.6 Å². The van der Waals surface area contributed by atoms with E-state index in [1.54, 1.807) is 0 Å². The number of rotatable bonds is 3. The van der Waals surface area contributed by atoms with Crippen molar-refractivity contribution >= 4 is 25.7 Å². The fourth-order valence-electron chi connectivity index (χ4n) is 1.46. The number of hydrogen-bond donors (Lipinski definition) is 0. The number of carbonyl (C=O) groups excluding carboxylic acids is 2. The summed E-state index contributed by atoms with van der Waals surface area (Å²) in [5, 5.41) is 0. The van der Waals surface area contributed by atoms with Gasteiger partial charge < -0.3 is 9.59 Å². The van der Waals surface area contributed by atoms with Crippen molar-refractivity contribution in [2.75, 3.05) is 0 Å². The zero-order valence-electron chi connectivity index (χ0n) is 11.7. The average Bonchev–Trinajstić information content (AvgIpc) is 2.57. The van der Waals surface area contributed by atoms with Crippen molar-refractivity contribution in [2.24, 2.45) is 0 Å². The summed E-state index contributed by atoms with van der Waals surface area (Å²) in [6.45, 7) is 4.00. The maximum absolute atomic E-state index is 8.00. The molecular weight excluding hydrogens is 300 g/mol. The van der Waals surface area contributed by atoms with Crippen molar-refractivity contribution in [3.8, 4) is 0 Å². The van der Waals surface area contributed by atoms with E-state index in [4.69, 9.17) is 9.59 Å². The summed E-state index contributed by atoms with van der Waals surface area (Å²) < 4.78 is 0. The Kier molecular flexibility index (Phi) is 15.9. The second kappa shape index (κ2) is 15.8. The standard InChI is InChI=1S/C16H14.2CH2O.Cr/c1-3-9-15(10-4-1)13-7-8-14-16-11-5-2-6-12-16;2*1-2;/h1-14H;2*1H2;. The topological polar surface area (TPSA) is 34.1 Å². The molecule has 108 valence electrons. The van der Waals surface area contributed by atoms with E-state index in [9.17, 15) is 0 Å². The van der Waals surface area contributed by atoms with Crippen LogP contribution in [-0.2, 0) is 27.0 Å². The van der Waals surface area contributed by atoms with Gasteiger partial charge in [0.15, 0.2) is 0 Å². The summed E-state index contributed by atoms with van der Waals surface area (Å²) in [5.74, 6) is 0. The Labute approximate surface area is 137 Å². The monoisotopic (exact) mass is 318 g/mol. The van der Waals surface area contributed by atoms with Crippen molar-refractivity contribution < 1.29 is 27.0 Å². The Bertz CT molecular complexity index is 458. The van der Waals surface area contributed by atoms with Gasteiger partial charge >= 0.3 is 0 Å². The van der Waals surface area contributed by atoms with Crippen LogP contribution >= 0.6 is 0 Å². The Balaban J connectivity index is 0.